The molecule has 1 N–H and O–H groups in total. The second-order valence-electron chi connectivity index (χ2n) is 5.48. The number of aromatic nitrogens is 3. The number of nitrogens with zero attached hydrogens (tertiary/aromatic N) is 3. The maximum atomic E-state index is 12.2. The highest BCUT2D eigenvalue weighted by atomic mass is 16.5. The van der Waals surface area contributed by atoms with Crippen molar-refractivity contribution in [2.45, 2.75) is 13.0 Å². The van der Waals surface area contributed by atoms with Crippen LogP contribution < -0.4 is 14.8 Å². The molecular weight excluding hydrogens is 332 g/mol. The summed E-state index contributed by atoms with van der Waals surface area (Å²) in [5, 5.41) is 2.84. The highest BCUT2D eigenvalue weighted by Gasteiger charge is 2.09. The molecule has 0 fully saturated rings. The van der Waals surface area contributed by atoms with Crippen molar-refractivity contribution in [3.05, 3.63) is 72.6 Å². The van der Waals surface area contributed by atoms with Gasteiger partial charge in [0.15, 0.2) is 11.5 Å². The van der Waals surface area contributed by atoms with Gasteiger partial charge in [-0.05, 0) is 35.4 Å². The third kappa shape index (κ3) is 4.76. The van der Waals surface area contributed by atoms with E-state index in [0.717, 1.165) is 11.1 Å². The van der Waals surface area contributed by atoms with Gasteiger partial charge in [0.1, 0.15) is 12.9 Å². The summed E-state index contributed by atoms with van der Waals surface area (Å²) < 4.78 is 11.2. The highest BCUT2D eigenvalue weighted by molar-refractivity contribution is 5.92. The zero-order valence-electron chi connectivity index (χ0n) is 14.3. The summed E-state index contributed by atoms with van der Waals surface area (Å²) >= 11 is 0. The third-order valence-corrected chi connectivity index (χ3v) is 3.57. The van der Waals surface area contributed by atoms with E-state index in [4.69, 9.17) is 9.47 Å². The number of pyridine rings is 1. The number of anilines is 1. The molecule has 0 atom stereocenters. The molecule has 7 nitrogen and oxygen atoms in total. The SMILES string of the molecule is COc1ccc(NC(=O)Cc2cncnc2)cc1OCc1ccncc1. The Balaban J connectivity index is 1.67. The molecule has 0 spiro atoms. The first kappa shape index (κ1) is 17.3. The maximum Gasteiger partial charge on any atom is 0.228 e. The number of ether oxygens (including phenoxy) is 2. The van der Waals surface area contributed by atoms with Crippen LogP contribution in [0.15, 0.2) is 61.4 Å². The van der Waals surface area contributed by atoms with Gasteiger partial charge in [0.05, 0.1) is 13.5 Å². The van der Waals surface area contributed by atoms with Gasteiger partial charge in [-0.3, -0.25) is 9.78 Å². The average molecular weight is 350 g/mol. The molecule has 3 rings (SSSR count). The van der Waals surface area contributed by atoms with Crippen molar-refractivity contribution < 1.29 is 14.3 Å². The Kier molecular flexibility index (Phi) is 5.72. The minimum absolute atomic E-state index is 0.162. The van der Waals surface area contributed by atoms with Crippen molar-refractivity contribution in [1.29, 1.82) is 0 Å². The molecule has 132 valence electrons. The standard InChI is InChI=1S/C19H18N4O3/c1-25-17-3-2-16(23-19(24)8-15-10-21-13-22-11-15)9-18(17)26-12-14-4-6-20-7-5-14/h2-7,9-11,13H,8,12H2,1H3,(H,23,24). The Bertz CT molecular complexity index is 857. The summed E-state index contributed by atoms with van der Waals surface area (Å²) in [6, 6.07) is 9.00. The fraction of sp³-hybridized carbons (Fsp3) is 0.158. The van der Waals surface area contributed by atoms with Crippen LogP contribution in [0.2, 0.25) is 0 Å². The van der Waals surface area contributed by atoms with Gasteiger partial charge < -0.3 is 14.8 Å². The van der Waals surface area contributed by atoms with Crippen LogP contribution in [0.4, 0.5) is 5.69 Å². The summed E-state index contributed by atoms with van der Waals surface area (Å²) in [7, 11) is 1.57. The van der Waals surface area contributed by atoms with Crippen LogP contribution in [0.5, 0.6) is 11.5 Å². The lowest BCUT2D eigenvalue weighted by Crippen LogP contribution is -2.14. The van der Waals surface area contributed by atoms with Gasteiger partial charge in [0.25, 0.3) is 0 Å². The molecule has 0 aliphatic heterocycles. The van der Waals surface area contributed by atoms with Crippen LogP contribution >= 0.6 is 0 Å². The monoisotopic (exact) mass is 350 g/mol. The fourth-order valence-electron chi connectivity index (χ4n) is 2.32. The van der Waals surface area contributed by atoms with E-state index >= 15 is 0 Å². The quantitative estimate of drug-likeness (QED) is 0.705. The van der Waals surface area contributed by atoms with Crippen molar-refractivity contribution >= 4 is 11.6 Å². The van der Waals surface area contributed by atoms with E-state index in [9.17, 15) is 4.79 Å². The minimum atomic E-state index is -0.162. The highest BCUT2D eigenvalue weighted by Crippen LogP contribution is 2.31. The molecule has 1 amide bonds. The number of carbonyl (C=O) groups is 1. The summed E-state index contributed by atoms with van der Waals surface area (Å²) in [4.78, 5) is 24.0. The number of rotatable bonds is 7. The van der Waals surface area contributed by atoms with Crippen LogP contribution in [-0.2, 0) is 17.8 Å². The Hall–Kier alpha value is -3.48. The zero-order valence-corrected chi connectivity index (χ0v) is 14.3. The van der Waals surface area contributed by atoms with E-state index in [1.165, 1.54) is 6.33 Å². The molecule has 0 unspecified atom stereocenters. The molecule has 0 saturated heterocycles. The molecule has 0 bridgehead atoms. The van der Waals surface area contributed by atoms with Gasteiger partial charge in [-0.25, -0.2) is 9.97 Å². The Labute approximate surface area is 151 Å². The van der Waals surface area contributed by atoms with Gasteiger partial charge in [0.2, 0.25) is 5.91 Å². The number of amides is 1. The molecule has 7 heteroatoms. The second kappa shape index (κ2) is 8.57. The number of carbonyl (C=O) groups excluding carboxylic acids is 1. The molecule has 0 aliphatic rings. The van der Waals surface area contributed by atoms with Crippen molar-refractivity contribution in [2.24, 2.45) is 0 Å². The van der Waals surface area contributed by atoms with Crippen LogP contribution in [0, 0.1) is 0 Å². The summed E-state index contributed by atoms with van der Waals surface area (Å²) in [6.45, 7) is 0.373. The van der Waals surface area contributed by atoms with Crippen LogP contribution in [0.25, 0.3) is 0 Å². The first-order valence-electron chi connectivity index (χ1n) is 7.98. The van der Waals surface area contributed by atoms with E-state index < -0.39 is 0 Å². The number of methoxy groups -OCH3 is 1. The van der Waals surface area contributed by atoms with Crippen molar-refractivity contribution in [3.63, 3.8) is 0 Å². The predicted molar refractivity (Wildman–Crippen MR) is 95.9 cm³/mol. The van der Waals surface area contributed by atoms with E-state index in [1.54, 1.807) is 50.1 Å². The second-order valence-corrected chi connectivity index (χ2v) is 5.48. The van der Waals surface area contributed by atoms with Gasteiger partial charge in [-0.15, -0.1) is 0 Å². The molecule has 0 radical (unpaired) electrons. The fourth-order valence-corrected chi connectivity index (χ4v) is 2.32. The maximum absolute atomic E-state index is 12.2. The molecule has 3 aromatic rings. The summed E-state index contributed by atoms with van der Waals surface area (Å²) in [6.07, 6.45) is 8.27. The Morgan fingerprint density at radius 2 is 1.77 bits per heavy atom. The summed E-state index contributed by atoms with van der Waals surface area (Å²) in [5.74, 6) is 0.976. The normalized spacial score (nSPS) is 10.2. The molecule has 26 heavy (non-hydrogen) atoms. The lowest BCUT2D eigenvalue weighted by Gasteiger charge is -2.13. The molecule has 0 saturated carbocycles. The molecule has 2 heterocycles. The molecule has 2 aromatic heterocycles. The topological polar surface area (TPSA) is 86.2 Å². The number of benzene rings is 1. The first-order valence-corrected chi connectivity index (χ1v) is 7.98. The van der Waals surface area contributed by atoms with E-state index in [1.807, 2.05) is 12.1 Å². The number of hydrogen-bond donors (Lipinski definition) is 1. The van der Waals surface area contributed by atoms with E-state index in [0.29, 0.717) is 23.8 Å². The minimum Gasteiger partial charge on any atom is -0.493 e. The molecule has 1 aromatic carbocycles. The smallest absolute Gasteiger partial charge is 0.228 e. The largest absolute Gasteiger partial charge is 0.493 e. The lowest BCUT2D eigenvalue weighted by molar-refractivity contribution is -0.115. The van der Waals surface area contributed by atoms with Crippen molar-refractivity contribution in [2.75, 3.05) is 12.4 Å². The van der Waals surface area contributed by atoms with Crippen LogP contribution in [-0.4, -0.2) is 28.0 Å². The summed E-state index contributed by atoms with van der Waals surface area (Å²) in [5.41, 5.74) is 2.35. The lowest BCUT2D eigenvalue weighted by atomic mass is 10.2. The van der Waals surface area contributed by atoms with E-state index in [-0.39, 0.29) is 12.3 Å². The van der Waals surface area contributed by atoms with Crippen molar-refractivity contribution in [1.82, 2.24) is 15.0 Å². The van der Waals surface area contributed by atoms with Gasteiger partial charge >= 0.3 is 0 Å². The van der Waals surface area contributed by atoms with Gasteiger partial charge in [-0.1, -0.05) is 0 Å². The Morgan fingerprint density at radius 1 is 1.00 bits per heavy atom. The number of hydrogen-bond acceptors (Lipinski definition) is 6. The number of nitrogens with one attached hydrogen (secondary N) is 1. The molecule has 0 aliphatic carbocycles. The first-order chi connectivity index (χ1) is 12.7. The van der Waals surface area contributed by atoms with Crippen molar-refractivity contribution in [3.8, 4) is 11.5 Å². The third-order valence-electron chi connectivity index (χ3n) is 3.57. The van der Waals surface area contributed by atoms with E-state index in [2.05, 4.69) is 20.3 Å². The molecular formula is C19H18N4O3. The van der Waals surface area contributed by atoms with Crippen LogP contribution in [0.3, 0.4) is 0 Å². The zero-order chi connectivity index (χ0) is 18.2. The average Bonchev–Trinajstić information content (AvgIpc) is 2.68. The van der Waals surface area contributed by atoms with Gasteiger partial charge in [0, 0.05) is 36.5 Å². The van der Waals surface area contributed by atoms with Crippen LogP contribution in [0.1, 0.15) is 11.1 Å². The Morgan fingerprint density at radius 3 is 2.50 bits per heavy atom. The van der Waals surface area contributed by atoms with Gasteiger partial charge in [-0.2, -0.15) is 0 Å². The predicted octanol–water partition coefficient (Wildman–Crippen LogP) is 2.64.